The molecule has 0 aliphatic carbocycles. The Balaban J connectivity index is 1.42. The molecule has 3 rings (SSSR count). The second-order valence-corrected chi connectivity index (χ2v) is 6.62. The Morgan fingerprint density at radius 1 is 1.04 bits per heavy atom. The first-order valence-electron chi connectivity index (χ1n) is 8.73. The molecule has 1 aliphatic heterocycles. The Hall–Kier alpha value is -2.18. The van der Waals surface area contributed by atoms with Crippen LogP contribution in [0.1, 0.15) is 11.1 Å². The number of rotatable bonds is 6. The van der Waals surface area contributed by atoms with E-state index in [0.717, 1.165) is 37.9 Å². The van der Waals surface area contributed by atoms with Crippen LogP contribution in [0.4, 0.5) is 5.95 Å². The molecule has 134 valence electrons. The summed E-state index contributed by atoms with van der Waals surface area (Å²) in [6.45, 7) is 8.54. The van der Waals surface area contributed by atoms with E-state index in [0.29, 0.717) is 13.2 Å². The second kappa shape index (κ2) is 8.27. The molecule has 6 nitrogen and oxygen atoms in total. The average molecular weight is 342 g/mol. The van der Waals surface area contributed by atoms with E-state index < -0.39 is 6.10 Å². The van der Waals surface area contributed by atoms with Crippen LogP contribution in [0.15, 0.2) is 36.7 Å². The van der Waals surface area contributed by atoms with Crippen LogP contribution in [0.25, 0.3) is 0 Å². The van der Waals surface area contributed by atoms with E-state index in [1.165, 1.54) is 11.1 Å². The zero-order chi connectivity index (χ0) is 17.6. The standard InChI is InChI=1S/C19H26N4O2/c1-15-10-16(2)12-18(11-15)25-14-17(24)13-22-6-8-23(9-7-22)19-20-4-3-5-21-19/h3-5,10-12,17,24H,6-9,13-14H2,1-2H3/t17-/m1/s1. The van der Waals surface area contributed by atoms with Gasteiger partial charge in [0.05, 0.1) is 0 Å². The van der Waals surface area contributed by atoms with Crippen molar-refractivity contribution >= 4 is 5.95 Å². The maximum atomic E-state index is 10.3. The third-order valence-corrected chi connectivity index (χ3v) is 4.31. The lowest BCUT2D eigenvalue weighted by Crippen LogP contribution is -2.49. The van der Waals surface area contributed by atoms with Crippen molar-refractivity contribution < 1.29 is 9.84 Å². The molecule has 2 heterocycles. The molecule has 2 aromatic rings. The number of β-amino-alcohol motifs (C(OH)–C–C–N with tert-alkyl or cyclic N) is 1. The molecule has 0 radical (unpaired) electrons. The molecule has 1 saturated heterocycles. The van der Waals surface area contributed by atoms with Crippen molar-refractivity contribution in [3.05, 3.63) is 47.8 Å². The number of anilines is 1. The van der Waals surface area contributed by atoms with Crippen molar-refractivity contribution in [3.8, 4) is 5.75 Å². The summed E-state index contributed by atoms with van der Waals surface area (Å²) in [5.41, 5.74) is 2.34. The first kappa shape index (κ1) is 17.6. The van der Waals surface area contributed by atoms with Crippen molar-refractivity contribution in [1.82, 2.24) is 14.9 Å². The SMILES string of the molecule is Cc1cc(C)cc(OC[C@H](O)CN2CCN(c3ncccn3)CC2)c1. The van der Waals surface area contributed by atoms with Crippen LogP contribution < -0.4 is 9.64 Å². The number of benzene rings is 1. The molecule has 1 N–H and O–H groups in total. The van der Waals surface area contributed by atoms with Gasteiger partial charge in [0.1, 0.15) is 18.5 Å². The summed E-state index contributed by atoms with van der Waals surface area (Å²) in [5.74, 6) is 1.60. The van der Waals surface area contributed by atoms with Gasteiger partial charge < -0.3 is 14.7 Å². The molecule has 1 aromatic carbocycles. The number of hydrogen-bond acceptors (Lipinski definition) is 6. The van der Waals surface area contributed by atoms with Crippen LogP contribution in [0.2, 0.25) is 0 Å². The Bertz CT molecular complexity index is 652. The molecule has 6 heteroatoms. The molecule has 1 aromatic heterocycles. The second-order valence-electron chi connectivity index (χ2n) is 6.62. The Kier molecular flexibility index (Phi) is 5.83. The number of piperazine rings is 1. The molecule has 0 bridgehead atoms. The van der Waals surface area contributed by atoms with Crippen molar-refractivity contribution in [3.63, 3.8) is 0 Å². The molecule has 0 spiro atoms. The van der Waals surface area contributed by atoms with E-state index in [4.69, 9.17) is 4.74 Å². The van der Waals surface area contributed by atoms with Gasteiger partial charge in [-0.25, -0.2) is 9.97 Å². The lowest BCUT2D eigenvalue weighted by Gasteiger charge is -2.35. The largest absolute Gasteiger partial charge is 0.491 e. The maximum Gasteiger partial charge on any atom is 0.225 e. The summed E-state index contributed by atoms with van der Waals surface area (Å²) in [6.07, 6.45) is 3.03. The van der Waals surface area contributed by atoms with Crippen LogP contribution >= 0.6 is 0 Å². The highest BCUT2D eigenvalue weighted by Crippen LogP contribution is 2.16. The fourth-order valence-corrected chi connectivity index (χ4v) is 3.14. The fourth-order valence-electron chi connectivity index (χ4n) is 3.14. The molecular formula is C19H26N4O2. The van der Waals surface area contributed by atoms with E-state index in [1.54, 1.807) is 12.4 Å². The van der Waals surface area contributed by atoms with Gasteiger partial charge in [0.25, 0.3) is 0 Å². The zero-order valence-electron chi connectivity index (χ0n) is 14.9. The van der Waals surface area contributed by atoms with Crippen molar-refractivity contribution in [2.75, 3.05) is 44.2 Å². The monoisotopic (exact) mass is 342 g/mol. The van der Waals surface area contributed by atoms with E-state index in [1.807, 2.05) is 32.0 Å². The minimum absolute atomic E-state index is 0.310. The minimum Gasteiger partial charge on any atom is -0.491 e. The highest BCUT2D eigenvalue weighted by atomic mass is 16.5. The van der Waals surface area contributed by atoms with Gasteiger partial charge in [0.15, 0.2) is 0 Å². The maximum absolute atomic E-state index is 10.3. The van der Waals surface area contributed by atoms with Crippen molar-refractivity contribution in [1.29, 1.82) is 0 Å². The van der Waals surface area contributed by atoms with Crippen LogP contribution in [-0.4, -0.2) is 65.4 Å². The third-order valence-electron chi connectivity index (χ3n) is 4.31. The number of ether oxygens (including phenoxy) is 1. The number of aromatic nitrogens is 2. The average Bonchev–Trinajstić information content (AvgIpc) is 2.61. The minimum atomic E-state index is -0.500. The molecule has 1 aliphatic rings. The Labute approximate surface area is 149 Å². The van der Waals surface area contributed by atoms with Crippen LogP contribution in [0.5, 0.6) is 5.75 Å². The lowest BCUT2D eigenvalue weighted by molar-refractivity contribution is 0.0662. The van der Waals surface area contributed by atoms with E-state index in [2.05, 4.69) is 25.8 Å². The highest BCUT2D eigenvalue weighted by Gasteiger charge is 2.20. The van der Waals surface area contributed by atoms with Gasteiger partial charge in [0.2, 0.25) is 5.95 Å². The normalized spacial score (nSPS) is 16.7. The number of nitrogens with zero attached hydrogens (tertiary/aromatic N) is 4. The van der Waals surface area contributed by atoms with Gasteiger partial charge >= 0.3 is 0 Å². The van der Waals surface area contributed by atoms with Gasteiger partial charge in [0, 0.05) is 45.1 Å². The van der Waals surface area contributed by atoms with Gasteiger partial charge in [-0.2, -0.15) is 0 Å². The number of aryl methyl sites for hydroxylation is 2. The summed E-state index contributed by atoms with van der Waals surface area (Å²) in [4.78, 5) is 13.0. The van der Waals surface area contributed by atoms with Gasteiger partial charge in [-0.05, 0) is 43.2 Å². The van der Waals surface area contributed by atoms with Crippen LogP contribution in [-0.2, 0) is 0 Å². The summed E-state index contributed by atoms with van der Waals surface area (Å²) >= 11 is 0. The first-order valence-corrected chi connectivity index (χ1v) is 8.73. The van der Waals surface area contributed by atoms with Crippen LogP contribution in [0, 0.1) is 13.8 Å². The van der Waals surface area contributed by atoms with Crippen molar-refractivity contribution in [2.24, 2.45) is 0 Å². The molecule has 0 unspecified atom stereocenters. The smallest absolute Gasteiger partial charge is 0.225 e. The quantitative estimate of drug-likeness (QED) is 0.861. The lowest BCUT2D eigenvalue weighted by atomic mass is 10.1. The summed E-state index contributed by atoms with van der Waals surface area (Å²) in [7, 11) is 0. The number of aliphatic hydroxyl groups excluding tert-OH is 1. The molecule has 0 amide bonds. The van der Waals surface area contributed by atoms with E-state index in [9.17, 15) is 5.11 Å². The molecular weight excluding hydrogens is 316 g/mol. The molecule has 1 fully saturated rings. The summed E-state index contributed by atoms with van der Waals surface area (Å²) < 4.78 is 5.75. The van der Waals surface area contributed by atoms with Gasteiger partial charge in [-0.15, -0.1) is 0 Å². The predicted molar refractivity (Wildman–Crippen MR) is 98.1 cm³/mol. The molecule has 1 atom stereocenters. The molecule has 25 heavy (non-hydrogen) atoms. The van der Waals surface area contributed by atoms with E-state index in [-0.39, 0.29) is 0 Å². The molecule has 0 saturated carbocycles. The zero-order valence-corrected chi connectivity index (χ0v) is 14.9. The predicted octanol–water partition coefficient (Wildman–Crippen LogP) is 1.66. The summed E-state index contributed by atoms with van der Waals surface area (Å²) in [5, 5.41) is 10.3. The van der Waals surface area contributed by atoms with Gasteiger partial charge in [-0.1, -0.05) is 6.07 Å². The number of aliphatic hydroxyl groups is 1. The third kappa shape index (κ3) is 5.14. The Morgan fingerprint density at radius 2 is 1.68 bits per heavy atom. The fraction of sp³-hybridized carbons (Fsp3) is 0.474. The van der Waals surface area contributed by atoms with Gasteiger partial charge in [-0.3, -0.25) is 4.90 Å². The topological polar surface area (TPSA) is 61.7 Å². The number of hydrogen-bond donors (Lipinski definition) is 1. The van der Waals surface area contributed by atoms with E-state index >= 15 is 0 Å². The Morgan fingerprint density at radius 3 is 2.32 bits per heavy atom. The van der Waals surface area contributed by atoms with Crippen molar-refractivity contribution in [2.45, 2.75) is 20.0 Å². The summed E-state index contributed by atoms with van der Waals surface area (Å²) in [6, 6.07) is 7.93. The first-order chi connectivity index (χ1) is 12.1. The van der Waals surface area contributed by atoms with Crippen LogP contribution in [0.3, 0.4) is 0 Å². The highest BCUT2D eigenvalue weighted by molar-refractivity contribution is 5.33.